The molecule has 5 rings (SSSR count). The van der Waals surface area contributed by atoms with Gasteiger partial charge in [0, 0.05) is 16.3 Å². The molecule has 0 fully saturated rings. The van der Waals surface area contributed by atoms with Crippen molar-refractivity contribution in [1.29, 1.82) is 0 Å². The molecule has 0 unspecified atom stereocenters. The molecular weight excluding hydrogens is 316 g/mol. The molecule has 0 bridgehead atoms. The van der Waals surface area contributed by atoms with E-state index in [-0.39, 0.29) is 0 Å². The number of benzene rings is 4. The van der Waals surface area contributed by atoms with E-state index in [0.717, 1.165) is 22.3 Å². The molecule has 0 atom stereocenters. The van der Waals surface area contributed by atoms with Gasteiger partial charge in [0.2, 0.25) is 0 Å². The Bertz CT molecular complexity index is 1280. The lowest BCUT2D eigenvalue weighted by Gasteiger charge is -2.12. The summed E-state index contributed by atoms with van der Waals surface area (Å²) < 4.78 is 0. The molecular formula is C24H18N2. The van der Waals surface area contributed by atoms with Crippen molar-refractivity contribution in [1.82, 2.24) is 9.97 Å². The lowest BCUT2D eigenvalue weighted by Crippen LogP contribution is -1.93. The minimum absolute atomic E-state index is 0.911. The maximum Gasteiger partial charge on any atom is 0.0979 e. The van der Waals surface area contributed by atoms with Gasteiger partial charge in [-0.1, -0.05) is 66.2 Å². The summed E-state index contributed by atoms with van der Waals surface area (Å²) in [6, 6.07) is 23.3. The molecule has 0 radical (unpaired) electrons. The summed E-state index contributed by atoms with van der Waals surface area (Å²) in [6.07, 6.45) is 1.89. The summed E-state index contributed by atoms with van der Waals surface area (Å²) in [7, 11) is 0. The zero-order chi connectivity index (χ0) is 17.7. The van der Waals surface area contributed by atoms with E-state index < -0.39 is 0 Å². The Morgan fingerprint density at radius 3 is 2.38 bits per heavy atom. The molecule has 0 spiro atoms. The van der Waals surface area contributed by atoms with Crippen molar-refractivity contribution in [2.75, 3.05) is 0 Å². The number of hydrogen-bond acceptors (Lipinski definition) is 2. The van der Waals surface area contributed by atoms with Crippen LogP contribution in [-0.4, -0.2) is 9.97 Å². The van der Waals surface area contributed by atoms with Gasteiger partial charge in [-0.2, -0.15) is 0 Å². The van der Waals surface area contributed by atoms with Gasteiger partial charge in [-0.05, 0) is 36.2 Å². The van der Waals surface area contributed by atoms with E-state index in [1.54, 1.807) is 0 Å². The van der Waals surface area contributed by atoms with Crippen LogP contribution in [0, 0.1) is 13.8 Å². The molecule has 0 saturated carbocycles. The van der Waals surface area contributed by atoms with E-state index in [4.69, 9.17) is 9.97 Å². The van der Waals surface area contributed by atoms with Crippen LogP contribution < -0.4 is 0 Å². The van der Waals surface area contributed by atoms with Crippen LogP contribution in [-0.2, 0) is 0 Å². The molecule has 0 aliphatic heterocycles. The van der Waals surface area contributed by atoms with Gasteiger partial charge in [-0.15, -0.1) is 0 Å². The van der Waals surface area contributed by atoms with E-state index in [1.807, 2.05) is 24.4 Å². The van der Waals surface area contributed by atoms with Crippen LogP contribution in [0.15, 0.2) is 72.9 Å². The first-order valence-electron chi connectivity index (χ1n) is 8.86. The van der Waals surface area contributed by atoms with Gasteiger partial charge in [-0.3, -0.25) is 4.98 Å². The fraction of sp³-hybridized carbons (Fsp3) is 0.0833. The van der Waals surface area contributed by atoms with E-state index in [9.17, 15) is 0 Å². The maximum absolute atomic E-state index is 5.04. The molecule has 2 nitrogen and oxygen atoms in total. The Balaban J connectivity index is 2.00. The van der Waals surface area contributed by atoms with Gasteiger partial charge in [0.05, 0.1) is 22.9 Å². The third-order valence-electron chi connectivity index (χ3n) is 5.07. The smallest absolute Gasteiger partial charge is 0.0979 e. The zero-order valence-corrected chi connectivity index (χ0v) is 14.8. The predicted octanol–water partition coefficient (Wildman–Crippen LogP) is 6.22. The number of nitrogens with zero attached hydrogens (tertiary/aromatic N) is 2. The van der Waals surface area contributed by atoms with Crippen LogP contribution >= 0.6 is 0 Å². The first-order valence-corrected chi connectivity index (χ1v) is 8.86. The molecule has 0 aliphatic rings. The normalized spacial score (nSPS) is 11.5. The van der Waals surface area contributed by atoms with Crippen molar-refractivity contribution in [3.63, 3.8) is 0 Å². The standard InChI is InChI=1S/C24H18N2/c1-15-11-12-18-19-10-6-7-16(2)22(19)24-23(20(18)13-15)26-21(14-25-24)17-8-4-3-5-9-17/h3-14H,1-2H3. The third kappa shape index (κ3) is 2.19. The second-order valence-corrected chi connectivity index (χ2v) is 6.86. The monoisotopic (exact) mass is 334 g/mol. The molecule has 4 aromatic carbocycles. The summed E-state index contributed by atoms with van der Waals surface area (Å²) in [6.45, 7) is 4.27. The van der Waals surface area contributed by atoms with Gasteiger partial charge >= 0.3 is 0 Å². The highest BCUT2D eigenvalue weighted by Gasteiger charge is 2.13. The summed E-state index contributed by atoms with van der Waals surface area (Å²) in [4.78, 5) is 9.91. The van der Waals surface area contributed by atoms with E-state index in [0.29, 0.717) is 0 Å². The Labute approximate surface area is 152 Å². The van der Waals surface area contributed by atoms with Gasteiger partial charge in [0.25, 0.3) is 0 Å². The highest BCUT2D eigenvalue weighted by atomic mass is 14.8. The molecule has 26 heavy (non-hydrogen) atoms. The van der Waals surface area contributed by atoms with Crippen LogP contribution in [0.3, 0.4) is 0 Å². The highest BCUT2D eigenvalue weighted by molar-refractivity contribution is 6.24. The molecule has 0 N–H and O–H groups in total. The number of aromatic nitrogens is 2. The highest BCUT2D eigenvalue weighted by Crippen LogP contribution is 2.36. The maximum atomic E-state index is 5.04. The van der Waals surface area contributed by atoms with E-state index in [1.165, 1.54) is 32.7 Å². The van der Waals surface area contributed by atoms with Crippen LogP contribution in [0.2, 0.25) is 0 Å². The topological polar surface area (TPSA) is 25.8 Å². The molecule has 1 heterocycles. The third-order valence-corrected chi connectivity index (χ3v) is 5.07. The van der Waals surface area contributed by atoms with Gasteiger partial charge in [0.1, 0.15) is 0 Å². The summed E-state index contributed by atoms with van der Waals surface area (Å²) in [5, 5.41) is 4.85. The van der Waals surface area contributed by atoms with E-state index >= 15 is 0 Å². The number of fused-ring (bicyclic) bond motifs is 6. The Morgan fingerprint density at radius 2 is 1.54 bits per heavy atom. The summed E-state index contributed by atoms with van der Waals surface area (Å²) in [5.74, 6) is 0. The van der Waals surface area contributed by atoms with Crippen LogP contribution in [0.5, 0.6) is 0 Å². The number of aryl methyl sites for hydroxylation is 2. The molecule has 0 amide bonds. The Kier molecular flexibility index (Phi) is 3.26. The first-order chi connectivity index (χ1) is 12.7. The quantitative estimate of drug-likeness (QED) is 0.340. The molecule has 0 aliphatic carbocycles. The van der Waals surface area contributed by atoms with Crippen molar-refractivity contribution in [2.24, 2.45) is 0 Å². The summed E-state index contributed by atoms with van der Waals surface area (Å²) in [5.41, 5.74) is 6.43. The molecule has 0 saturated heterocycles. The second kappa shape index (κ2) is 5.63. The average Bonchev–Trinajstić information content (AvgIpc) is 2.68. The Morgan fingerprint density at radius 1 is 0.692 bits per heavy atom. The van der Waals surface area contributed by atoms with Gasteiger partial charge in [-0.25, -0.2) is 4.98 Å². The number of hydrogen-bond donors (Lipinski definition) is 0. The van der Waals surface area contributed by atoms with Crippen LogP contribution in [0.4, 0.5) is 0 Å². The second-order valence-electron chi connectivity index (χ2n) is 6.86. The molecule has 2 heteroatoms. The van der Waals surface area contributed by atoms with Crippen LogP contribution in [0.1, 0.15) is 11.1 Å². The predicted molar refractivity (Wildman–Crippen MR) is 109 cm³/mol. The van der Waals surface area contributed by atoms with E-state index in [2.05, 4.69) is 62.4 Å². The van der Waals surface area contributed by atoms with Crippen molar-refractivity contribution in [3.05, 3.63) is 84.1 Å². The van der Waals surface area contributed by atoms with Crippen molar-refractivity contribution < 1.29 is 0 Å². The minimum Gasteiger partial charge on any atom is -0.252 e. The first kappa shape index (κ1) is 15.0. The zero-order valence-electron chi connectivity index (χ0n) is 14.8. The largest absolute Gasteiger partial charge is 0.252 e. The van der Waals surface area contributed by atoms with Crippen molar-refractivity contribution in [2.45, 2.75) is 13.8 Å². The average molecular weight is 334 g/mol. The van der Waals surface area contributed by atoms with Gasteiger partial charge in [0.15, 0.2) is 0 Å². The van der Waals surface area contributed by atoms with Crippen LogP contribution in [0.25, 0.3) is 43.8 Å². The molecule has 124 valence electrons. The number of rotatable bonds is 1. The lowest BCUT2D eigenvalue weighted by atomic mass is 9.95. The van der Waals surface area contributed by atoms with Gasteiger partial charge < -0.3 is 0 Å². The van der Waals surface area contributed by atoms with Crippen molar-refractivity contribution in [3.8, 4) is 11.3 Å². The SMILES string of the molecule is Cc1ccc2c(c1)c1nc(-c3ccccc3)cnc1c1c(C)cccc21. The molecule has 5 aromatic rings. The molecule has 1 aromatic heterocycles. The van der Waals surface area contributed by atoms with Crippen molar-refractivity contribution >= 4 is 32.6 Å². The fourth-order valence-corrected chi connectivity index (χ4v) is 3.80. The lowest BCUT2D eigenvalue weighted by molar-refractivity contribution is 1.30. The minimum atomic E-state index is 0.911. The summed E-state index contributed by atoms with van der Waals surface area (Å²) >= 11 is 0. The fourth-order valence-electron chi connectivity index (χ4n) is 3.80. The Hall–Kier alpha value is -3.26.